The van der Waals surface area contributed by atoms with Crippen molar-refractivity contribution >= 4 is 45.3 Å². The van der Waals surface area contributed by atoms with Crippen molar-refractivity contribution < 1.29 is 9.59 Å². The van der Waals surface area contributed by atoms with Crippen LogP contribution in [0.2, 0.25) is 0 Å². The molecule has 2 N–H and O–H groups in total. The monoisotopic (exact) mass is 358 g/mol. The minimum absolute atomic E-state index is 0.241. The van der Waals surface area contributed by atoms with E-state index in [4.69, 9.17) is 0 Å². The van der Waals surface area contributed by atoms with Gasteiger partial charge < -0.3 is 5.32 Å². The molecule has 0 saturated heterocycles. The molecule has 3 rings (SSSR count). The Morgan fingerprint density at radius 2 is 1.88 bits per heavy atom. The van der Waals surface area contributed by atoms with Crippen molar-refractivity contribution in [2.45, 2.75) is 13.3 Å². The van der Waals surface area contributed by atoms with Gasteiger partial charge in [0.1, 0.15) is 5.01 Å². The number of nitrogens with zero attached hydrogens (tertiary/aromatic N) is 2. The van der Waals surface area contributed by atoms with Crippen LogP contribution in [0.5, 0.6) is 0 Å². The SMILES string of the molecule is CCc1nnc(NC(=O)c2ccccc2NC(=O)c2cccs2)s1. The third-order valence-electron chi connectivity index (χ3n) is 3.15. The van der Waals surface area contributed by atoms with Crippen molar-refractivity contribution in [1.29, 1.82) is 0 Å². The van der Waals surface area contributed by atoms with Crippen LogP contribution in [0.1, 0.15) is 32.0 Å². The summed E-state index contributed by atoms with van der Waals surface area (Å²) in [7, 11) is 0. The molecule has 0 saturated carbocycles. The van der Waals surface area contributed by atoms with Gasteiger partial charge in [0.2, 0.25) is 5.13 Å². The van der Waals surface area contributed by atoms with Gasteiger partial charge in [0.25, 0.3) is 11.8 Å². The van der Waals surface area contributed by atoms with Gasteiger partial charge in [-0.1, -0.05) is 36.5 Å². The Kier molecular flexibility index (Phi) is 4.97. The molecule has 0 aliphatic carbocycles. The molecule has 0 radical (unpaired) electrons. The highest BCUT2D eigenvalue weighted by atomic mass is 32.1. The summed E-state index contributed by atoms with van der Waals surface area (Å²) in [6.45, 7) is 1.97. The summed E-state index contributed by atoms with van der Waals surface area (Å²) in [5, 5.41) is 16.5. The fourth-order valence-electron chi connectivity index (χ4n) is 1.99. The predicted octanol–water partition coefficient (Wildman–Crippen LogP) is 3.67. The Hall–Kier alpha value is -2.58. The van der Waals surface area contributed by atoms with Crippen molar-refractivity contribution in [2.24, 2.45) is 0 Å². The van der Waals surface area contributed by atoms with Crippen molar-refractivity contribution in [1.82, 2.24) is 10.2 Å². The largest absolute Gasteiger partial charge is 0.321 e. The molecule has 24 heavy (non-hydrogen) atoms. The smallest absolute Gasteiger partial charge is 0.265 e. The highest BCUT2D eigenvalue weighted by Gasteiger charge is 2.16. The second-order valence-electron chi connectivity index (χ2n) is 4.79. The van der Waals surface area contributed by atoms with E-state index < -0.39 is 0 Å². The fourth-order valence-corrected chi connectivity index (χ4v) is 3.29. The van der Waals surface area contributed by atoms with E-state index in [1.165, 1.54) is 22.7 Å². The first-order valence-corrected chi connectivity index (χ1v) is 8.94. The van der Waals surface area contributed by atoms with E-state index in [0.717, 1.165) is 11.4 Å². The zero-order valence-corrected chi connectivity index (χ0v) is 14.4. The second kappa shape index (κ2) is 7.33. The normalized spacial score (nSPS) is 10.4. The number of carbonyl (C=O) groups excluding carboxylic acids is 2. The van der Waals surface area contributed by atoms with Gasteiger partial charge in [-0.25, -0.2) is 0 Å². The number of thiophene rings is 1. The maximum absolute atomic E-state index is 12.5. The summed E-state index contributed by atoms with van der Waals surface area (Å²) in [6.07, 6.45) is 0.765. The second-order valence-corrected chi connectivity index (χ2v) is 6.80. The van der Waals surface area contributed by atoms with Crippen LogP contribution in [-0.2, 0) is 6.42 Å². The highest BCUT2D eigenvalue weighted by molar-refractivity contribution is 7.15. The molecule has 0 aliphatic heterocycles. The minimum Gasteiger partial charge on any atom is -0.321 e. The number of hydrogen-bond acceptors (Lipinski definition) is 6. The van der Waals surface area contributed by atoms with Crippen molar-refractivity contribution in [2.75, 3.05) is 10.6 Å². The van der Waals surface area contributed by atoms with Crippen LogP contribution < -0.4 is 10.6 Å². The lowest BCUT2D eigenvalue weighted by Crippen LogP contribution is -2.17. The van der Waals surface area contributed by atoms with Crippen LogP contribution >= 0.6 is 22.7 Å². The molecular weight excluding hydrogens is 344 g/mol. The van der Waals surface area contributed by atoms with Gasteiger partial charge in [-0.2, -0.15) is 0 Å². The number of aryl methyl sites for hydroxylation is 1. The molecule has 2 aromatic heterocycles. The lowest BCUT2D eigenvalue weighted by Gasteiger charge is -2.09. The van der Waals surface area contributed by atoms with Crippen LogP contribution in [0.4, 0.5) is 10.8 Å². The number of rotatable bonds is 5. The summed E-state index contributed by atoms with van der Waals surface area (Å²) >= 11 is 2.68. The molecule has 2 heterocycles. The average Bonchev–Trinajstić information content (AvgIpc) is 3.27. The molecule has 0 aliphatic rings. The van der Waals surface area contributed by atoms with Gasteiger partial charge in [-0.3, -0.25) is 14.9 Å². The number of anilines is 2. The van der Waals surface area contributed by atoms with Crippen LogP contribution in [0.3, 0.4) is 0 Å². The van der Waals surface area contributed by atoms with E-state index in [2.05, 4.69) is 20.8 Å². The van der Waals surface area contributed by atoms with Crippen LogP contribution in [0, 0.1) is 0 Å². The maximum atomic E-state index is 12.5. The van der Waals surface area contributed by atoms with E-state index in [0.29, 0.717) is 21.3 Å². The third-order valence-corrected chi connectivity index (χ3v) is 5.01. The molecule has 122 valence electrons. The minimum atomic E-state index is -0.337. The number of nitrogens with one attached hydrogen (secondary N) is 2. The number of para-hydroxylation sites is 1. The third kappa shape index (κ3) is 3.66. The zero-order chi connectivity index (χ0) is 16.9. The van der Waals surface area contributed by atoms with Crippen molar-refractivity contribution in [3.05, 3.63) is 57.2 Å². The summed E-state index contributed by atoms with van der Waals surface area (Å²) < 4.78 is 0. The molecule has 1 aromatic carbocycles. The molecule has 0 spiro atoms. The first kappa shape index (κ1) is 16.3. The van der Waals surface area contributed by atoms with Gasteiger partial charge in [-0.15, -0.1) is 21.5 Å². The van der Waals surface area contributed by atoms with Gasteiger partial charge >= 0.3 is 0 Å². The van der Waals surface area contributed by atoms with E-state index in [1.807, 2.05) is 12.3 Å². The van der Waals surface area contributed by atoms with Gasteiger partial charge in [0, 0.05) is 0 Å². The van der Waals surface area contributed by atoms with Gasteiger partial charge in [0.05, 0.1) is 16.1 Å². The fraction of sp³-hybridized carbons (Fsp3) is 0.125. The average molecular weight is 358 g/mol. The van der Waals surface area contributed by atoms with Crippen LogP contribution in [-0.4, -0.2) is 22.0 Å². The molecule has 0 unspecified atom stereocenters. The number of aromatic nitrogens is 2. The Morgan fingerprint density at radius 1 is 1.04 bits per heavy atom. The Labute approximate surface area is 146 Å². The van der Waals surface area contributed by atoms with Crippen LogP contribution in [0.15, 0.2) is 41.8 Å². The molecular formula is C16H14N4O2S2. The van der Waals surface area contributed by atoms with Crippen molar-refractivity contribution in [3.63, 3.8) is 0 Å². The predicted molar refractivity (Wildman–Crippen MR) is 96.0 cm³/mol. The van der Waals surface area contributed by atoms with Gasteiger partial charge in [-0.05, 0) is 30.0 Å². The van der Waals surface area contributed by atoms with E-state index >= 15 is 0 Å². The number of hydrogen-bond donors (Lipinski definition) is 2. The molecule has 8 heteroatoms. The van der Waals surface area contributed by atoms with Crippen LogP contribution in [0.25, 0.3) is 0 Å². The number of carbonyl (C=O) groups is 2. The molecule has 2 amide bonds. The first-order valence-electron chi connectivity index (χ1n) is 7.25. The maximum Gasteiger partial charge on any atom is 0.265 e. The topological polar surface area (TPSA) is 84.0 Å². The van der Waals surface area contributed by atoms with E-state index in [-0.39, 0.29) is 11.8 Å². The molecule has 6 nitrogen and oxygen atoms in total. The van der Waals surface area contributed by atoms with Gasteiger partial charge in [0.15, 0.2) is 0 Å². The van der Waals surface area contributed by atoms with Crippen molar-refractivity contribution in [3.8, 4) is 0 Å². The highest BCUT2D eigenvalue weighted by Crippen LogP contribution is 2.21. The van der Waals surface area contributed by atoms with E-state index in [9.17, 15) is 9.59 Å². The molecule has 0 bridgehead atoms. The lowest BCUT2D eigenvalue weighted by molar-refractivity contribution is 0.102. The number of benzene rings is 1. The summed E-state index contributed by atoms with van der Waals surface area (Å²) in [6, 6.07) is 10.4. The zero-order valence-electron chi connectivity index (χ0n) is 12.8. The first-order chi connectivity index (χ1) is 11.7. The Bertz CT molecular complexity index is 859. The Balaban J connectivity index is 1.78. The van der Waals surface area contributed by atoms with E-state index in [1.54, 1.807) is 36.4 Å². The molecule has 0 fully saturated rings. The summed E-state index contributed by atoms with van der Waals surface area (Å²) in [5.74, 6) is -0.578. The summed E-state index contributed by atoms with van der Waals surface area (Å²) in [4.78, 5) is 25.3. The molecule has 3 aromatic rings. The Morgan fingerprint density at radius 3 is 2.58 bits per heavy atom. The molecule has 0 atom stereocenters. The quantitative estimate of drug-likeness (QED) is 0.729. The number of amides is 2. The lowest BCUT2D eigenvalue weighted by atomic mass is 10.1. The standard InChI is InChI=1S/C16H14N4O2S2/c1-2-13-19-20-16(24-13)18-14(21)10-6-3-4-7-11(10)17-15(22)12-8-5-9-23-12/h3-9H,2H2,1H3,(H,17,22)(H,18,20,21). The summed E-state index contributed by atoms with van der Waals surface area (Å²) in [5.41, 5.74) is 0.823.